The van der Waals surface area contributed by atoms with Crippen molar-refractivity contribution in [3.05, 3.63) is 35.1 Å². The van der Waals surface area contributed by atoms with Crippen molar-refractivity contribution in [2.75, 3.05) is 13.1 Å². The van der Waals surface area contributed by atoms with Gasteiger partial charge in [0.25, 0.3) is 0 Å². The number of likely N-dealkylation sites (N-methyl/N-ethyl adjacent to an activating group) is 1. The lowest BCUT2D eigenvalue weighted by atomic mass is 9.89. The van der Waals surface area contributed by atoms with Crippen LogP contribution < -0.4 is 0 Å². The molecule has 0 aliphatic heterocycles. The predicted octanol–water partition coefficient (Wildman–Crippen LogP) is 2.39. The van der Waals surface area contributed by atoms with Crippen molar-refractivity contribution >= 4 is 5.97 Å². The van der Waals surface area contributed by atoms with Gasteiger partial charge in [-0.3, -0.25) is 4.90 Å². The summed E-state index contributed by atoms with van der Waals surface area (Å²) < 4.78 is 13.2. The molecule has 1 N–H and O–H groups in total. The molecule has 2 rings (SSSR count). The van der Waals surface area contributed by atoms with Gasteiger partial charge < -0.3 is 5.11 Å². The highest BCUT2D eigenvalue weighted by Crippen LogP contribution is 2.42. The van der Waals surface area contributed by atoms with E-state index in [0.29, 0.717) is 25.9 Å². The maximum Gasteiger partial charge on any atom is 0.328 e. The van der Waals surface area contributed by atoms with Crippen LogP contribution in [0, 0.1) is 5.82 Å². The number of fused-ring (bicyclic) bond motifs is 1. The number of hydrogen-bond acceptors (Lipinski definition) is 2. The lowest BCUT2D eigenvalue weighted by Gasteiger charge is -2.37. The first-order valence-corrected chi connectivity index (χ1v) is 6.33. The van der Waals surface area contributed by atoms with Gasteiger partial charge in [0.05, 0.1) is 0 Å². The first-order valence-electron chi connectivity index (χ1n) is 6.33. The molecule has 0 spiro atoms. The van der Waals surface area contributed by atoms with Gasteiger partial charge in [-0.15, -0.1) is 0 Å². The van der Waals surface area contributed by atoms with E-state index in [1.54, 1.807) is 6.07 Å². The van der Waals surface area contributed by atoms with Crippen LogP contribution in [0.15, 0.2) is 18.2 Å². The Balaban J connectivity index is 2.57. The predicted molar refractivity (Wildman–Crippen MR) is 67.0 cm³/mol. The number of halogens is 1. The highest BCUT2D eigenvalue weighted by molar-refractivity contribution is 5.82. The molecule has 1 aromatic carbocycles. The molecule has 3 nitrogen and oxygen atoms in total. The van der Waals surface area contributed by atoms with Gasteiger partial charge in [0.1, 0.15) is 11.4 Å². The second-order valence-electron chi connectivity index (χ2n) is 4.64. The Labute approximate surface area is 106 Å². The van der Waals surface area contributed by atoms with E-state index < -0.39 is 11.5 Å². The first-order chi connectivity index (χ1) is 8.56. The minimum Gasteiger partial charge on any atom is -0.480 e. The van der Waals surface area contributed by atoms with Crippen LogP contribution in [-0.4, -0.2) is 29.1 Å². The van der Waals surface area contributed by atoms with Crippen molar-refractivity contribution in [3.63, 3.8) is 0 Å². The molecule has 18 heavy (non-hydrogen) atoms. The minimum absolute atomic E-state index is 0.297. The average molecular weight is 251 g/mol. The molecular formula is C14H18FNO2. The molecule has 1 aliphatic carbocycles. The van der Waals surface area contributed by atoms with Crippen molar-refractivity contribution in [2.45, 2.75) is 32.2 Å². The average Bonchev–Trinajstić information content (AvgIpc) is 2.71. The fourth-order valence-corrected chi connectivity index (χ4v) is 3.07. The normalized spacial score (nSPS) is 22.2. The minimum atomic E-state index is -0.980. The maximum absolute atomic E-state index is 13.2. The second-order valence-corrected chi connectivity index (χ2v) is 4.64. The molecule has 0 saturated carbocycles. The van der Waals surface area contributed by atoms with Gasteiger partial charge in [-0.25, -0.2) is 9.18 Å². The maximum atomic E-state index is 13.2. The van der Waals surface area contributed by atoms with E-state index in [-0.39, 0.29) is 5.82 Å². The van der Waals surface area contributed by atoms with Crippen molar-refractivity contribution in [1.29, 1.82) is 0 Å². The Morgan fingerprint density at radius 1 is 1.44 bits per heavy atom. The summed E-state index contributed by atoms with van der Waals surface area (Å²) in [6.07, 6.45) is 1.14. The number of benzene rings is 1. The number of nitrogens with zero attached hydrogens (tertiary/aromatic N) is 1. The van der Waals surface area contributed by atoms with Crippen LogP contribution in [-0.2, 0) is 16.8 Å². The van der Waals surface area contributed by atoms with Gasteiger partial charge in [-0.05, 0) is 49.2 Å². The van der Waals surface area contributed by atoms with Crippen LogP contribution in [0.2, 0.25) is 0 Å². The largest absolute Gasteiger partial charge is 0.480 e. The third-order valence-corrected chi connectivity index (χ3v) is 3.93. The Kier molecular flexibility index (Phi) is 3.39. The molecule has 0 bridgehead atoms. The number of carbonyl (C=O) groups is 1. The fraction of sp³-hybridized carbons (Fsp3) is 0.500. The number of carboxylic acids is 1. The molecule has 0 saturated heterocycles. The van der Waals surface area contributed by atoms with Gasteiger partial charge in [0.15, 0.2) is 0 Å². The van der Waals surface area contributed by atoms with E-state index in [0.717, 1.165) is 11.1 Å². The molecule has 4 heteroatoms. The van der Waals surface area contributed by atoms with Gasteiger partial charge in [-0.2, -0.15) is 0 Å². The number of aryl methyl sites for hydroxylation is 1. The number of hydrogen-bond donors (Lipinski definition) is 1. The van der Waals surface area contributed by atoms with Crippen molar-refractivity contribution in [2.24, 2.45) is 0 Å². The van der Waals surface area contributed by atoms with Crippen LogP contribution in [0.3, 0.4) is 0 Å². The molecule has 0 amide bonds. The van der Waals surface area contributed by atoms with E-state index in [4.69, 9.17) is 0 Å². The Bertz CT molecular complexity index is 471. The summed E-state index contributed by atoms with van der Waals surface area (Å²) >= 11 is 0. The van der Waals surface area contributed by atoms with Gasteiger partial charge in [0.2, 0.25) is 0 Å². The smallest absolute Gasteiger partial charge is 0.328 e. The highest BCUT2D eigenvalue weighted by atomic mass is 19.1. The van der Waals surface area contributed by atoms with Crippen LogP contribution >= 0.6 is 0 Å². The van der Waals surface area contributed by atoms with Crippen LogP contribution in [0.4, 0.5) is 4.39 Å². The summed E-state index contributed by atoms with van der Waals surface area (Å²) in [5.41, 5.74) is 0.594. The molecular weight excluding hydrogens is 233 g/mol. The Morgan fingerprint density at radius 3 is 2.67 bits per heavy atom. The van der Waals surface area contributed by atoms with Gasteiger partial charge in [0, 0.05) is 0 Å². The van der Waals surface area contributed by atoms with E-state index in [9.17, 15) is 14.3 Å². The molecule has 0 fully saturated rings. The summed E-state index contributed by atoms with van der Waals surface area (Å²) in [7, 11) is 0. The number of carboxylic acid groups (broad SMARTS) is 1. The second kappa shape index (κ2) is 4.69. The van der Waals surface area contributed by atoms with E-state index in [1.165, 1.54) is 12.1 Å². The Hall–Kier alpha value is -1.42. The van der Waals surface area contributed by atoms with Gasteiger partial charge in [-0.1, -0.05) is 19.9 Å². The van der Waals surface area contributed by atoms with Crippen LogP contribution in [0.5, 0.6) is 0 Å². The van der Waals surface area contributed by atoms with Crippen LogP contribution in [0.25, 0.3) is 0 Å². The lowest BCUT2D eigenvalue weighted by Crippen LogP contribution is -2.50. The van der Waals surface area contributed by atoms with E-state index >= 15 is 0 Å². The molecule has 0 radical (unpaired) electrons. The molecule has 0 aromatic heterocycles. The standard InChI is InChI=1S/C14H18FNO2/c1-3-16(4-2)14(13(17)18)8-7-10-9-11(15)5-6-12(10)14/h5-6,9H,3-4,7-8H2,1-2H3,(H,17,18). The molecule has 0 heterocycles. The summed E-state index contributed by atoms with van der Waals surface area (Å²) in [5.74, 6) is -1.13. The number of aliphatic carboxylic acids is 1. The molecule has 1 unspecified atom stereocenters. The van der Waals surface area contributed by atoms with E-state index in [1.807, 2.05) is 18.7 Å². The zero-order chi connectivity index (χ0) is 13.3. The van der Waals surface area contributed by atoms with Crippen LogP contribution in [0.1, 0.15) is 31.4 Å². The first kappa shape index (κ1) is 13.0. The summed E-state index contributed by atoms with van der Waals surface area (Å²) in [5, 5.41) is 9.68. The SMILES string of the molecule is CCN(CC)C1(C(=O)O)CCc2cc(F)ccc21. The molecule has 1 atom stereocenters. The zero-order valence-corrected chi connectivity index (χ0v) is 10.7. The highest BCUT2D eigenvalue weighted by Gasteiger charge is 2.49. The third-order valence-electron chi connectivity index (χ3n) is 3.93. The summed E-state index contributed by atoms with van der Waals surface area (Å²) in [6.45, 7) is 5.24. The van der Waals surface area contributed by atoms with E-state index in [2.05, 4.69) is 0 Å². The van der Waals surface area contributed by atoms with Crippen molar-refractivity contribution in [1.82, 2.24) is 4.90 Å². The summed E-state index contributed by atoms with van der Waals surface area (Å²) in [4.78, 5) is 13.7. The third kappa shape index (κ3) is 1.72. The zero-order valence-electron chi connectivity index (χ0n) is 10.7. The monoisotopic (exact) mass is 251 g/mol. The molecule has 98 valence electrons. The topological polar surface area (TPSA) is 40.5 Å². The quantitative estimate of drug-likeness (QED) is 0.893. The molecule has 1 aromatic rings. The van der Waals surface area contributed by atoms with Gasteiger partial charge >= 0.3 is 5.97 Å². The van der Waals surface area contributed by atoms with Crippen molar-refractivity contribution in [3.8, 4) is 0 Å². The van der Waals surface area contributed by atoms with Crippen molar-refractivity contribution < 1.29 is 14.3 Å². The summed E-state index contributed by atoms with van der Waals surface area (Å²) in [6, 6.07) is 4.44. The lowest BCUT2D eigenvalue weighted by molar-refractivity contribution is -0.152. The number of rotatable bonds is 4. The Morgan fingerprint density at radius 2 is 2.11 bits per heavy atom. The molecule has 1 aliphatic rings. The fourth-order valence-electron chi connectivity index (χ4n) is 3.07.